The standard InChI is InChI=1S/C20H29N3O.C17H27ClN2O.C17H28N2O.2C16H27N3O/c1-19(2,3)17-11-14(12-23(17)20(4,5)6)24-18-15-9-7-8-10-16(15)21-13-22-18;1-16(2,3)14-9-13(11-20(14)17(4,5)6)21-15-8-7-12(18)10-19-15;1-16(2,3)14-11-13(12-19(14)17(4,5)6)20-15-9-7-8-10-18-15;2*1-15(2,3)13-9-12(10-19(13)16(4,5)6)20-14-7-8-17-11-18-14/h7-10,13-14,17H,11-12H2,1-6H3;7-8,10,13-14H,9,11H2,1-6H3;7-10,13-14H,11-12H2,1-6H3;2*7-8,11-13H,9-10H2,1-6H3. The van der Waals surface area contributed by atoms with E-state index in [4.69, 9.17) is 35.3 Å². The first-order valence-corrected chi connectivity index (χ1v) is 39.1. The molecule has 11 rings (SSSR count). The van der Waals surface area contributed by atoms with Gasteiger partial charge in [0.25, 0.3) is 0 Å². The summed E-state index contributed by atoms with van der Waals surface area (Å²) >= 11 is 5.87. The molecule has 5 aromatic heterocycles. The topological polar surface area (TPSA) is 165 Å². The molecule has 10 unspecified atom stereocenters. The van der Waals surface area contributed by atoms with E-state index in [1.807, 2.05) is 66.7 Å². The Morgan fingerprint density at radius 3 is 0.895 bits per heavy atom. The summed E-state index contributed by atoms with van der Waals surface area (Å²) in [6, 6.07) is 23.8. The van der Waals surface area contributed by atoms with E-state index < -0.39 is 0 Å². The van der Waals surface area contributed by atoms with Crippen LogP contribution in [0.3, 0.4) is 0 Å². The quantitative estimate of drug-likeness (QED) is 0.127. The van der Waals surface area contributed by atoms with Crippen molar-refractivity contribution in [2.75, 3.05) is 32.7 Å². The third-order valence-electron chi connectivity index (χ3n) is 21.0. The van der Waals surface area contributed by atoms with E-state index >= 15 is 0 Å². The number of aromatic nitrogens is 8. The van der Waals surface area contributed by atoms with Crippen molar-refractivity contribution in [1.29, 1.82) is 0 Å². The summed E-state index contributed by atoms with van der Waals surface area (Å²) in [5.41, 5.74) is 2.89. The zero-order valence-electron chi connectivity index (χ0n) is 70.5. The van der Waals surface area contributed by atoms with Crippen LogP contribution in [0.15, 0.2) is 110 Å². The van der Waals surface area contributed by atoms with Gasteiger partial charge < -0.3 is 23.7 Å². The summed E-state index contributed by atoms with van der Waals surface area (Å²) in [5, 5.41) is 1.62. The fourth-order valence-electron chi connectivity index (χ4n) is 15.7. The van der Waals surface area contributed by atoms with E-state index in [1.54, 1.807) is 31.1 Å². The number of pyridine rings is 2. The molecule has 0 saturated carbocycles. The Morgan fingerprint density at radius 1 is 0.305 bits per heavy atom. The van der Waals surface area contributed by atoms with E-state index in [2.05, 4.69) is 272 Å². The summed E-state index contributed by atoms with van der Waals surface area (Å²) in [5.74, 6) is 3.45. The lowest BCUT2D eigenvalue weighted by atomic mass is 9.83. The predicted octanol–water partition coefficient (Wildman–Crippen LogP) is 18.7. The van der Waals surface area contributed by atoms with Crippen LogP contribution in [0, 0.1) is 27.1 Å². The van der Waals surface area contributed by atoms with Crippen molar-refractivity contribution < 1.29 is 23.7 Å². The van der Waals surface area contributed by atoms with Crippen LogP contribution in [0.4, 0.5) is 0 Å². The van der Waals surface area contributed by atoms with Crippen molar-refractivity contribution in [1.82, 2.24) is 64.4 Å². The van der Waals surface area contributed by atoms with E-state index in [0.717, 1.165) is 81.6 Å². The number of likely N-dealkylation sites (tertiary alicyclic amines) is 5. The second kappa shape index (κ2) is 34.4. The predicted molar refractivity (Wildman–Crippen MR) is 431 cm³/mol. The third kappa shape index (κ3) is 25.3. The zero-order chi connectivity index (χ0) is 78.3. The highest BCUT2D eigenvalue weighted by atomic mass is 35.5. The number of fused-ring (bicyclic) bond motifs is 1. The van der Waals surface area contributed by atoms with Crippen LogP contribution in [-0.2, 0) is 0 Å². The maximum Gasteiger partial charge on any atom is 0.224 e. The lowest BCUT2D eigenvalue weighted by molar-refractivity contribution is 0.0557. The second-order valence-corrected chi connectivity index (χ2v) is 40.6. The molecule has 0 aliphatic carbocycles. The summed E-state index contributed by atoms with van der Waals surface area (Å²) in [6.07, 6.45) is 17.7. The molecule has 5 fully saturated rings. The average Bonchev–Trinajstić information content (AvgIpc) is 1.68. The first kappa shape index (κ1) is 86.3. The SMILES string of the molecule is CC(C)(C)C1CC(Oc2ccc(Cl)cn2)CN1C(C)(C)C.CC(C)(C)C1CC(Oc2ccccn2)CN1C(C)(C)C.CC(C)(C)C1CC(Oc2ccncn2)CN1C(C)(C)C.CC(C)(C)C1CC(Oc2ccncn2)CN1C(C)(C)C.CC(C)(C)C1CC(Oc2ncnc3ccccc23)CN1C(C)(C)C. The van der Waals surface area contributed by atoms with Crippen molar-refractivity contribution in [3.05, 3.63) is 116 Å². The number of hydrogen-bond donors (Lipinski definition) is 0. The summed E-state index contributed by atoms with van der Waals surface area (Å²) in [7, 11) is 0. The maximum atomic E-state index is 6.35. The number of ether oxygens (including phenoxy) is 5. The first-order chi connectivity index (χ1) is 48.3. The molecule has 1 aromatic carbocycles. The van der Waals surface area contributed by atoms with Gasteiger partial charge in [-0.1, -0.05) is 134 Å². The number of hydrogen-bond acceptors (Lipinski definition) is 18. The van der Waals surface area contributed by atoms with Crippen LogP contribution < -0.4 is 23.7 Å². The first-order valence-electron chi connectivity index (χ1n) is 38.7. The minimum absolute atomic E-state index is 0.129. The van der Waals surface area contributed by atoms with Crippen molar-refractivity contribution in [2.24, 2.45) is 27.1 Å². The number of benzene rings is 1. The molecule has 0 bridgehead atoms. The van der Waals surface area contributed by atoms with Gasteiger partial charge in [-0.2, -0.15) is 0 Å². The van der Waals surface area contributed by atoms with Gasteiger partial charge in [0.05, 0.1) is 15.9 Å². The van der Waals surface area contributed by atoms with E-state index in [-0.39, 0.29) is 85.3 Å². The minimum Gasteiger partial charge on any atom is -0.473 e. The third-order valence-corrected chi connectivity index (χ3v) is 21.2. The molecule has 5 saturated heterocycles. The van der Waals surface area contributed by atoms with Crippen molar-refractivity contribution in [3.8, 4) is 29.4 Å². The molecule has 10 atom stereocenters. The van der Waals surface area contributed by atoms with Gasteiger partial charge in [0.15, 0.2) is 0 Å². The summed E-state index contributed by atoms with van der Waals surface area (Å²) in [6.45, 7) is 73.6. The Bertz CT molecular complexity index is 3260. The lowest BCUT2D eigenvalue weighted by Crippen LogP contribution is -2.49. The summed E-state index contributed by atoms with van der Waals surface area (Å²) < 4.78 is 30.6. The van der Waals surface area contributed by atoms with Crippen LogP contribution in [-0.4, -0.2) is 186 Å². The van der Waals surface area contributed by atoms with Crippen molar-refractivity contribution in [2.45, 2.75) is 328 Å². The molecule has 6 aromatic rings. The Balaban J connectivity index is 0.000000184. The normalized spacial score (nSPS) is 24.3. The molecule has 0 N–H and O–H groups in total. The van der Waals surface area contributed by atoms with Crippen molar-refractivity contribution >= 4 is 22.5 Å². The van der Waals surface area contributed by atoms with Crippen LogP contribution in [0.5, 0.6) is 29.4 Å². The fraction of sp³-hybridized carbons (Fsp3) is 0.698. The highest BCUT2D eigenvalue weighted by molar-refractivity contribution is 6.30. The van der Waals surface area contributed by atoms with Gasteiger partial charge in [0, 0.05) is 172 Å². The monoisotopic (exact) mass is 1470 g/mol. The number of para-hydroxylation sites is 1. The molecule has 105 heavy (non-hydrogen) atoms. The van der Waals surface area contributed by atoms with Gasteiger partial charge in [0.1, 0.15) is 49.5 Å². The number of rotatable bonds is 10. The second-order valence-electron chi connectivity index (χ2n) is 40.2. The van der Waals surface area contributed by atoms with Crippen LogP contribution >= 0.6 is 11.6 Å². The maximum absolute atomic E-state index is 6.35. The van der Waals surface area contributed by atoms with Crippen molar-refractivity contribution in [3.63, 3.8) is 0 Å². The Kier molecular flexibility index (Phi) is 28.3. The van der Waals surface area contributed by atoms with Gasteiger partial charge in [-0.3, -0.25) is 24.5 Å². The van der Waals surface area contributed by atoms with Crippen LogP contribution in [0.2, 0.25) is 5.02 Å². The van der Waals surface area contributed by atoms with Crippen LogP contribution in [0.25, 0.3) is 10.9 Å². The fourth-order valence-corrected chi connectivity index (χ4v) is 15.8. The van der Waals surface area contributed by atoms with Crippen LogP contribution in [0.1, 0.15) is 240 Å². The number of nitrogens with zero attached hydrogens (tertiary/aromatic N) is 13. The van der Waals surface area contributed by atoms with Gasteiger partial charge in [-0.15, -0.1) is 0 Å². The number of halogens is 1. The Labute approximate surface area is 640 Å². The van der Waals surface area contributed by atoms with Gasteiger partial charge in [-0.05, 0) is 155 Å². The molecule has 19 heteroatoms. The average molecular weight is 1470 g/mol. The molecule has 10 heterocycles. The van der Waals surface area contributed by atoms with E-state index in [1.165, 1.54) is 12.7 Å². The smallest absolute Gasteiger partial charge is 0.224 e. The molecular formula is C86H138ClN13O5. The minimum atomic E-state index is 0.129. The largest absolute Gasteiger partial charge is 0.473 e. The Morgan fingerprint density at radius 2 is 0.619 bits per heavy atom. The molecule has 18 nitrogen and oxygen atoms in total. The molecule has 5 aliphatic heterocycles. The highest BCUT2D eigenvalue weighted by Gasteiger charge is 2.49. The van der Waals surface area contributed by atoms with Gasteiger partial charge in [0.2, 0.25) is 29.4 Å². The molecule has 0 spiro atoms. The Hall–Kier alpha value is -5.89. The van der Waals surface area contributed by atoms with Gasteiger partial charge >= 0.3 is 0 Å². The lowest BCUT2D eigenvalue weighted by Gasteiger charge is -2.42. The molecule has 5 aliphatic rings. The highest BCUT2D eigenvalue weighted by Crippen LogP contribution is 2.44. The van der Waals surface area contributed by atoms with Gasteiger partial charge in [-0.25, -0.2) is 39.9 Å². The van der Waals surface area contributed by atoms with E-state index in [0.29, 0.717) is 58.8 Å². The molecular weight excluding hydrogens is 1330 g/mol. The molecule has 0 radical (unpaired) electrons. The zero-order valence-corrected chi connectivity index (χ0v) is 71.2. The molecule has 0 amide bonds. The van der Waals surface area contributed by atoms with E-state index in [9.17, 15) is 0 Å². The summed E-state index contributed by atoms with van der Waals surface area (Å²) in [4.78, 5) is 46.3. The molecule has 584 valence electrons.